The van der Waals surface area contributed by atoms with Crippen LogP contribution in [0.2, 0.25) is 0 Å². The molecular weight excluding hydrogens is 395 g/mol. The van der Waals surface area contributed by atoms with Crippen LogP contribution in [0.1, 0.15) is 37.5 Å². The van der Waals surface area contributed by atoms with E-state index < -0.39 is 0 Å². The Balaban J connectivity index is 1.95. The van der Waals surface area contributed by atoms with E-state index in [0.29, 0.717) is 0 Å². The van der Waals surface area contributed by atoms with Gasteiger partial charge in [0.25, 0.3) is 0 Å². The molecule has 0 radical (unpaired) electrons. The summed E-state index contributed by atoms with van der Waals surface area (Å²) in [7, 11) is 0. The molecule has 0 saturated heterocycles. The summed E-state index contributed by atoms with van der Waals surface area (Å²) in [6, 6.07) is 26.2. The first-order valence-corrected chi connectivity index (χ1v) is 11.7. The number of allylic oxidation sites excluding steroid dienone is 5. The Kier molecular flexibility index (Phi) is 5.29. The van der Waals surface area contributed by atoms with Gasteiger partial charge in [0.1, 0.15) is 0 Å². The van der Waals surface area contributed by atoms with E-state index in [1.54, 1.807) is 0 Å². The first kappa shape index (κ1) is 21.4. The molecule has 0 bridgehead atoms. The normalized spacial score (nSPS) is 14.7. The topological polar surface area (TPSA) is 0 Å². The van der Waals surface area contributed by atoms with Crippen molar-refractivity contribution in [1.29, 1.82) is 0 Å². The van der Waals surface area contributed by atoms with Crippen molar-refractivity contribution in [2.24, 2.45) is 0 Å². The van der Waals surface area contributed by atoms with Gasteiger partial charge in [-0.2, -0.15) is 0 Å². The van der Waals surface area contributed by atoms with Crippen LogP contribution in [-0.2, 0) is 5.41 Å². The van der Waals surface area contributed by atoms with Gasteiger partial charge in [0.15, 0.2) is 0 Å². The van der Waals surface area contributed by atoms with Gasteiger partial charge in [-0.05, 0) is 0 Å². The van der Waals surface area contributed by atoms with Crippen molar-refractivity contribution < 1.29 is 0 Å². The van der Waals surface area contributed by atoms with Crippen molar-refractivity contribution in [3.05, 3.63) is 120 Å². The van der Waals surface area contributed by atoms with E-state index in [0.717, 1.165) is 0 Å². The van der Waals surface area contributed by atoms with Crippen LogP contribution in [-0.4, -0.2) is 6.91 Å². The number of hydrogen-bond acceptors (Lipinski definition) is 0. The molecule has 0 saturated carbocycles. The van der Waals surface area contributed by atoms with E-state index in [2.05, 4.69) is 126 Å². The SMILES string of the molecule is C=CC1=C(/C=C\C)C(C)(C)c2c1ccc1c(C)c(-c3ccccc3)bc(-c3ccccc3)c21. The van der Waals surface area contributed by atoms with Gasteiger partial charge in [0.05, 0.1) is 0 Å². The molecule has 0 unspecified atom stereocenters. The molecule has 0 N–H and O–H groups in total. The molecule has 1 aliphatic rings. The molecule has 160 valence electrons. The third kappa shape index (κ3) is 3.26. The second-order valence-electron chi connectivity index (χ2n) is 9.40. The summed E-state index contributed by atoms with van der Waals surface area (Å²) >= 11 is 0. The number of rotatable bonds is 4. The molecular formula is C32H29B. The molecule has 0 atom stereocenters. The number of aryl methyl sites for hydroxylation is 1. The Labute approximate surface area is 198 Å². The Morgan fingerprint density at radius 2 is 1.42 bits per heavy atom. The fourth-order valence-corrected chi connectivity index (χ4v) is 5.60. The van der Waals surface area contributed by atoms with Crippen LogP contribution in [0.15, 0.2) is 103 Å². The summed E-state index contributed by atoms with van der Waals surface area (Å²) in [4.78, 5) is 0. The zero-order chi connectivity index (χ0) is 23.2. The van der Waals surface area contributed by atoms with Crippen molar-refractivity contribution in [2.45, 2.75) is 33.1 Å². The molecule has 0 amide bonds. The molecule has 0 spiro atoms. The van der Waals surface area contributed by atoms with Gasteiger partial charge >= 0.3 is 198 Å². The van der Waals surface area contributed by atoms with Crippen molar-refractivity contribution in [3.8, 4) is 22.0 Å². The second kappa shape index (κ2) is 8.16. The average Bonchev–Trinajstić information content (AvgIpc) is 3.06. The average molecular weight is 424 g/mol. The van der Waals surface area contributed by atoms with Crippen LogP contribution < -0.4 is 0 Å². The monoisotopic (exact) mass is 424 g/mol. The standard InChI is InChI=1S/C32H29B/c1-6-14-27-24(7-2)26-20-19-25-21(3)30(22-15-10-8-11-16-22)33-31(23-17-12-9-13-18-23)28(25)29(26)32(27,4)5/h6-20H,2H2,1,3-5H3/b14-6-. The van der Waals surface area contributed by atoms with Gasteiger partial charge < -0.3 is 0 Å². The zero-order valence-corrected chi connectivity index (χ0v) is 19.9. The third-order valence-electron chi connectivity index (χ3n) is 7.16. The summed E-state index contributed by atoms with van der Waals surface area (Å²) < 4.78 is 0. The van der Waals surface area contributed by atoms with Gasteiger partial charge in [-0.3, -0.25) is 0 Å². The van der Waals surface area contributed by atoms with Crippen LogP contribution in [0.3, 0.4) is 0 Å². The van der Waals surface area contributed by atoms with Crippen molar-refractivity contribution in [2.75, 3.05) is 0 Å². The van der Waals surface area contributed by atoms with E-state index in [4.69, 9.17) is 0 Å². The maximum absolute atomic E-state index is 4.18. The molecule has 5 rings (SSSR count). The molecule has 0 fully saturated rings. The summed E-state index contributed by atoms with van der Waals surface area (Å²) in [6.45, 7) is 15.6. The summed E-state index contributed by atoms with van der Waals surface area (Å²) in [6.07, 6.45) is 6.43. The van der Waals surface area contributed by atoms with E-state index in [-0.39, 0.29) is 5.41 Å². The molecule has 1 aromatic heterocycles. The number of hydrogen-bond donors (Lipinski definition) is 0. The minimum atomic E-state index is -0.116. The van der Waals surface area contributed by atoms with Crippen LogP contribution >= 0.6 is 0 Å². The third-order valence-corrected chi connectivity index (χ3v) is 7.16. The summed E-state index contributed by atoms with van der Waals surface area (Å²) in [5, 5.41) is 2.69. The first-order chi connectivity index (χ1) is 16.0. The fourth-order valence-electron chi connectivity index (χ4n) is 5.60. The Hall–Kier alpha value is -3.45. The second-order valence-corrected chi connectivity index (χ2v) is 9.40. The zero-order valence-electron chi connectivity index (χ0n) is 19.9. The van der Waals surface area contributed by atoms with Gasteiger partial charge in [-0.15, -0.1) is 0 Å². The predicted molar refractivity (Wildman–Crippen MR) is 146 cm³/mol. The molecule has 0 aliphatic heterocycles. The van der Waals surface area contributed by atoms with Crippen molar-refractivity contribution >= 4 is 23.3 Å². The summed E-state index contributed by atoms with van der Waals surface area (Å²) in [5.74, 6) is 0. The van der Waals surface area contributed by atoms with Gasteiger partial charge in [0.2, 0.25) is 0 Å². The quantitative estimate of drug-likeness (QED) is 0.308. The number of fused-ring (bicyclic) bond motifs is 3. The molecule has 1 aliphatic carbocycles. The maximum atomic E-state index is 4.18. The van der Waals surface area contributed by atoms with Crippen LogP contribution in [0.25, 0.3) is 38.4 Å². The van der Waals surface area contributed by atoms with Crippen LogP contribution in [0, 0.1) is 6.92 Å². The molecule has 1 heterocycles. The van der Waals surface area contributed by atoms with Crippen molar-refractivity contribution in [3.63, 3.8) is 0 Å². The van der Waals surface area contributed by atoms with E-state index >= 15 is 0 Å². The van der Waals surface area contributed by atoms with E-state index in [9.17, 15) is 0 Å². The molecule has 3 aromatic carbocycles. The van der Waals surface area contributed by atoms with Gasteiger partial charge in [-0.25, -0.2) is 0 Å². The van der Waals surface area contributed by atoms with Crippen LogP contribution in [0.5, 0.6) is 0 Å². The summed E-state index contributed by atoms with van der Waals surface area (Å²) in [5.41, 5.74) is 11.6. The first-order valence-electron chi connectivity index (χ1n) is 11.7. The van der Waals surface area contributed by atoms with E-state index in [1.165, 1.54) is 60.7 Å². The molecule has 0 nitrogen and oxygen atoms in total. The Morgan fingerprint density at radius 3 is 2.00 bits per heavy atom. The molecule has 1 heteroatoms. The van der Waals surface area contributed by atoms with Gasteiger partial charge in [0, 0.05) is 0 Å². The molecule has 33 heavy (non-hydrogen) atoms. The van der Waals surface area contributed by atoms with Gasteiger partial charge in [-0.1, -0.05) is 0 Å². The Morgan fingerprint density at radius 1 is 0.818 bits per heavy atom. The van der Waals surface area contributed by atoms with Crippen molar-refractivity contribution in [1.82, 2.24) is 0 Å². The molecule has 4 aromatic rings. The van der Waals surface area contributed by atoms with E-state index in [1.807, 2.05) is 6.08 Å². The minimum absolute atomic E-state index is 0.116. The predicted octanol–water partition coefficient (Wildman–Crippen LogP) is 8.63. The van der Waals surface area contributed by atoms with Crippen LogP contribution in [0.4, 0.5) is 0 Å². The number of benzene rings is 3. The fraction of sp³-hybridized carbons (Fsp3) is 0.156. The Bertz CT molecular complexity index is 1430.